The molecule has 3 aromatic rings. The summed E-state index contributed by atoms with van der Waals surface area (Å²) in [5.41, 5.74) is 0.234. The number of nitrogens with zero attached hydrogens (tertiary/aromatic N) is 5. The molecule has 1 saturated heterocycles. The molecule has 4 rings (SSSR count). The Morgan fingerprint density at radius 1 is 1.17 bits per heavy atom. The number of sulfonamides is 1. The number of rotatable bonds is 6. The lowest BCUT2D eigenvalue weighted by atomic mass is 9.94. The van der Waals surface area contributed by atoms with Crippen molar-refractivity contribution < 1.29 is 27.6 Å². The van der Waals surface area contributed by atoms with Crippen molar-refractivity contribution >= 4 is 44.8 Å². The van der Waals surface area contributed by atoms with Gasteiger partial charge >= 0.3 is 0 Å². The Kier molecular flexibility index (Phi) is 6.85. The molecule has 1 aromatic heterocycles. The van der Waals surface area contributed by atoms with Crippen LogP contribution in [0.25, 0.3) is 5.69 Å². The van der Waals surface area contributed by atoms with Gasteiger partial charge in [-0.3, -0.25) is 14.8 Å². The summed E-state index contributed by atoms with van der Waals surface area (Å²) in [4.78, 5) is 29.9. The third-order valence-electron chi connectivity index (χ3n) is 5.57. The average molecular weight is 523 g/mol. The molecule has 0 bridgehead atoms. The number of halogens is 2. The van der Waals surface area contributed by atoms with E-state index in [9.17, 15) is 27.6 Å². The van der Waals surface area contributed by atoms with Gasteiger partial charge < -0.3 is 5.32 Å². The summed E-state index contributed by atoms with van der Waals surface area (Å²) in [5, 5.41) is 17.7. The predicted octanol–water partition coefficient (Wildman–Crippen LogP) is 1.93. The molecule has 0 spiro atoms. The second kappa shape index (κ2) is 9.70. The minimum Gasteiger partial charge on any atom is -0.326 e. The molecule has 0 unspecified atom stereocenters. The van der Waals surface area contributed by atoms with E-state index in [0.717, 1.165) is 16.6 Å². The van der Waals surface area contributed by atoms with Gasteiger partial charge in [-0.2, -0.15) is 10.2 Å². The number of nitrogens with one attached hydrogen (secondary N) is 1. The van der Waals surface area contributed by atoms with Crippen molar-refractivity contribution in [2.45, 2.75) is 0 Å². The van der Waals surface area contributed by atoms with E-state index in [0.29, 0.717) is 10.7 Å². The summed E-state index contributed by atoms with van der Waals surface area (Å²) < 4.78 is 41.0. The first-order valence-corrected chi connectivity index (χ1v) is 12.5. The van der Waals surface area contributed by atoms with Gasteiger partial charge in [0.25, 0.3) is 5.91 Å². The standard InChI is InChI=1S/C21H20ClFN6O5S/c1-35(33,34)27-9-16(20(30)26-14-4-2-13(22)3-5-14)17(10-27)21(31)29(32)15-6-7-19(18(23)8-15)28-12-24-11-25-28/h2-8,11-12,16-17,32H,9-10H2,1H3,(H,26,30)/t16-,17-/m0/s1. The lowest BCUT2D eigenvalue weighted by molar-refractivity contribution is -0.132. The van der Waals surface area contributed by atoms with Crippen molar-refractivity contribution in [3.8, 4) is 5.69 Å². The van der Waals surface area contributed by atoms with Crippen molar-refractivity contribution in [1.29, 1.82) is 0 Å². The Labute approximate surface area is 204 Å². The minimum atomic E-state index is -3.73. The molecule has 0 aliphatic carbocycles. The average Bonchev–Trinajstić information content (AvgIpc) is 3.50. The molecule has 2 aromatic carbocycles. The monoisotopic (exact) mass is 522 g/mol. The van der Waals surface area contributed by atoms with Crippen molar-refractivity contribution in [3.63, 3.8) is 0 Å². The zero-order chi connectivity index (χ0) is 25.3. The van der Waals surface area contributed by atoms with E-state index in [-0.39, 0.29) is 29.5 Å². The number of carbonyl (C=O) groups is 2. The molecule has 1 aliphatic rings. The smallest absolute Gasteiger partial charge is 0.255 e. The highest BCUT2D eigenvalue weighted by Crippen LogP contribution is 2.30. The number of carbonyl (C=O) groups excluding carboxylic acids is 2. The molecule has 11 nitrogen and oxygen atoms in total. The van der Waals surface area contributed by atoms with E-state index in [4.69, 9.17) is 11.6 Å². The first kappa shape index (κ1) is 24.7. The number of anilines is 2. The zero-order valence-corrected chi connectivity index (χ0v) is 19.8. The third-order valence-corrected chi connectivity index (χ3v) is 7.06. The molecule has 2 heterocycles. The van der Waals surface area contributed by atoms with Crippen LogP contribution in [0.1, 0.15) is 0 Å². The number of hydrogen-bond acceptors (Lipinski definition) is 7. The maximum absolute atomic E-state index is 14.6. The minimum absolute atomic E-state index is 0.0384. The molecule has 0 radical (unpaired) electrons. The lowest BCUT2D eigenvalue weighted by Gasteiger charge is -2.22. The fourth-order valence-electron chi connectivity index (χ4n) is 3.75. The van der Waals surface area contributed by atoms with Crippen molar-refractivity contribution in [2.75, 3.05) is 29.7 Å². The SMILES string of the molecule is CS(=O)(=O)N1C[C@H](C(=O)Nc2ccc(Cl)cc2)[C@@H](C(=O)N(O)c2ccc(-n3cncn3)c(F)c2)C1. The highest BCUT2D eigenvalue weighted by Gasteiger charge is 2.46. The van der Waals surface area contributed by atoms with E-state index in [1.165, 1.54) is 29.5 Å². The van der Waals surface area contributed by atoms with Gasteiger partial charge in [-0.25, -0.2) is 26.8 Å². The van der Waals surface area contributed by atoms with E-state index >= 15 is 0 Å². The van der Waals surface area contributed by atoms with Crippen molar-refractivity contribution in [3.05, 3.63) is 66.0 Å². The molecule has 35 heavy (non-hydrogen) atoms. The molecule has 1 aliphatic heterocycles. The fraction of sp³-hybridized carbons (Fsp3) is 0.238. The van der Waals surface area contributed by atoms with Gasteiger partial charge in [-0.05, 0) is 36.4 Å². The van der Waals surface area contributed by atoms with E-state index in [1.807, 2.05) is 0 Å². The van der Waals surface area contributed by atoms with E-state index in [2.05, 4.69) is 15.4 Å². The Morgan fingerprint density at radius 3 is 2.46 bits per heavy atom. The highest BCUT2D eigenvalue weighted by atomic mass is 35.5. The van der Waals surface area contributed by atoms with Crippen molar-refractivity contribution in [2.24, 2.45) is 11.8 Å². The molecule has 2 amide bonds. The molecule has 0 saturated carbocycles. The molecule has 184 valence electrons. The van der Waals surface area contributed by atoms with Crippen LogP contribution in [0.2, 0.25) is 5.02 Å². The molecule has 14 heteroatoms. The van der Waals surface area contributed by atoms with Crippen LogP contribution in [0, 0.1) is 17.7 Å². The Morgan fingerprint density at radius 2 is 1.86 bits per heavy atom. The number of aromatic nitrogens is 3. The van der Waals surface area contributed by atoms with Gasteiger partial charge in [0.15, 0.2) is 5.82 Å². The topological polar surface area (TPSA) is 138 Å². The number of hydrogen-bond donors (Lipinski definition) is 2. The Balaban J connectivity index is 1.58. The predicted molar refractivity (Wildman–Crippen MR) is 124 cm³/mol. The summed E-state index contributed by atoms with van der Waals surface area (Å²) >= 11 is 5.85. The van der Waals surface area contributed by atoms with Crippen molar-refractivity contribution in [1.82, 2.24) is 19.1 Å². The molecular weight excluding hydrogens is 503 g/mol. The van der Waals surface area contributed by atoms with Gasteiger partial charge in [-0.15, -0.1) is 0 Å². The number of amides is 2. The van der Waals surface area contributed by atoms with Crippen LogP contribution in [0.5, 0.6) is 0 Å². The summed E-state index contributed by atoms with van der Waals surface area (Å²) in [5.74, 6) is -4.69. The maximum Gasteiger partial charge on any atom is 0.255 e. The van der Waals surface area contributed by atoms with Crippen LogP contribution in [-0.2, 0) is 19.6 Å². The molecule has 2 atom stereocenters. The fourth-order valence-corrected chi connectivity index (χ4v) is 4.74. The first-order valence-electron chi connectivity index (χ1n) is 10.2. The lowest BCUT2D eigenvalue weighted by Crippen LogP contribution is -2.40. The second-order valence-electron chi connectivity index (χ2n) is 7.91. The zero-order valence-electron chi connectivity index (χ0n) is 18.2. The summed E-state index contributed by atoms with van der Waals surface area (Å²) in [6.45, 7) is -0.588. The molecule has 2 N–H and O–H groups in total. The number of hydroxylamine groups is 1. The molecule has 1 fully saturated rings. The summed E-state index contributed by atoms with van der Waals surface area (Å²) in [6.07, 6.45) is 3.46. The van der Waals surface area contributed by atoms with Gasteiger partial charge in [-0.1, -0.05) is 11.6 Å². The third kappa shape index (κ3) is 5.32. The second-order valence-corrected chi connectivity index (χ2v) is 10.3. The largest absolute Gasteiger partial charge is 0.326 e. The van der Waals surface area contributed by atoms with Crippen LogP contribution in [0.3, 0.4) is 0 Å². The highest BCUT2D eigenvalue weighted by molar-refractivity contribution is 7.88. The Hall–Kier alpha value is -3.39. The van der Waals surface area contributed by atoms with Crippen LogP contribution < -0.4 is 10.4 Å². The van der Waals surface area contributed by atoms with Gasteiger partial charge in [0.05, 0.1) is 23.8 Å². The Bertz CT molecular complexity index is 1350. The van der Waals surface area contributed by atoms with E-state index < -0.39 is 39.5 Å². The summed E-state index contributed by atoms with van der Waals surface area (Å²) in [7, 11) is -3.73. The van der Waals surface area contributed by atoms with Gasteiger partial charge in [0, 0.05) is 29.9 Å². The van der Waals surface area contributed by atoms with Gasteiger partial charge in [0.1, 0.15) is 18.3 Å². The van der Waals surface area contributed by atoms with Crippen LogP contribution in [0.4, 0.5) is 15.8 Å². The van der Waals surface area contributed by atoms with Crippen LogP contribution >= 0.6 is 11.6 Å². The van der Waals surface area contributed by atoms with Crippen LogP contribution in [-0.4, -0.2) is 63.9 Å². The summed E-state index contributed by atoms with van der Waals surface area (Å²) in [6, 6.07) is 9.72. The molecular formula is C21H20ClFN6O5S. The quantitative estimate of drug-likeness (QED) is 0.372. The van der Waals surface area contributed by atoms with Gasteiger partial charge in [0.2, 0.25) is 15.9 Å². The van der Waals surface area contributed by atoms with E-state index in [1.54, 1.807) is 24.3 Å². The maximum atomic E-state index is 14.6. The van der Waals surface area contributed by atoms with Crippen LogP contribution in [0.15, 0.2) is 55.1 Å². The normalized spacial score (nSPS) is 18.4. The number of benzene rings is 2. The first-order chi connectivity index (χ1) is 16.5.